The van der Waals surface area contributed by atoms with Gasteiger partial charge in [-0.25, -0.2) is 5.01 Å². The molecule has 0 bridgehead atoms. The Balaban J connectivity index is 1.58. The minimum Gasteiger partial charge on any atom is -0.493 e. The number of hydrogen-bond donors (Lipinski definition) is 1. The van der Waals surface area contributed by atoms with Gasteiger partial charge in [0, 0.05) is 17.3 Å². The first-order valence-corrected chi connectivity index (χ1v) is 11.5. The van der Waals surface area contributed by atoms with Gasteiger partial charge in [0.1, 0.15) is 0 Å². The molecule has 0 aliphatic carbocycles. The van der Waals surface area contributed by atoms with Gasteiger partial charge in [0.15, 0.2) is 11.5 Å². The summed E-state index contributed by atoms with van der Waals surface area (Å²) < 4.78 is 15.7. The van der Waals surface area contributed by atoms with Crippen LogP contribution < -0.4 is 14.8 Å². The molecule has 0 spiro atoms. The average Bonchev–Trinajstić information content (AvgIpc) is 3.40. The van der Waals surface area contributed by atoms with Crippen molar-refractivity contribution in [2.45, 2.75) is 25.1 Å². The summed E-state index contributed by atoms with van der Waals surface area (Å²) in [6, 6.07) is 14.3. The van der Waals surface area contributed by atoms with Gasteiger partial charge in [-0.1, -0.05) is 36.0 Å². The van der Waals surface area contributed by atoms with Crippen molar-refractivity contribution in [3.8, 4) is 11.5 Å². The van der Waals surface area contributed by atoms with E-state index in [9.17, 15) is 9.59 Å². The summed E-state index contributed by atoms with van der Waals surface area (Å²) in [5.41, 5.74) is 3.05. The lowest BCUT2D eigenvalue weighted by molar-refractivity contribution is 0.0988. The minimum absolute atomic E-state index is 0.0746. The second-order valence-corrected chi connectivity index (χ2v) is 8.58. The number of carbonyl (C=O) groups is 2. The smallest absolute Gasteiger partial charge is 0.302 e. The van der Waals surface area contributed by atoms with Crippen LogP contribution in [0, 0.1) is 0 Å². The van der Waals surface area contributed by atoms with Crippen molar-refractivity contribution in [2.75, 3.05) is 19.5 Å². The molecule has 2 aromatic carbocycles. The highest BCUT2D eigenvalue weighted by Gasteiger charge is 2.30. The first-order chi connectivity index (χ1) is 16.5. The van der Waals surface area contributed by atoms with Gasteiger partial charge in [0.2, 0.25) is 5.76 Å². The van der Waals surface area contributed by atoms with Crippen LogP contribution in [0.3, 0.4) is 0 Å². The third-order valence-electron chi connectivity index (χ3n) is 5.22. The van der Waals surface area contributed by atoms with Crippen LogP contribution in [0.2, 0.25) is 0 Å². The molecule has 1 aliphatic heterocycles. The molecule has 3 aromatic rings. The molecule has 0 saturated carbocycles. The fourth-order valence-corrected chi connectivity index (χ4v) is 4.47. The molecule has 9 nitrogen and oxygen atoms in total. The summed E-state index contributed by atoms with van der Waals surface area (Å²) >= 11 is 1.25. The fourth-order valence-electron chi connectivity index (χ4n) is 3.54. The van der Waals surface area contributed by atoms with Gasteiger partial charge < -0.3 is 19.3 Å². The molecule has 1 unspecified atom stereocenters. The average molecular weight is 481 g/mol. The molecule has 0 fully saturated rings. The van der Waals surface area contributed by atoms with Crippen LogP contribution in [0.15, 0.2) is 64.4 Å². The molecule has 10 heteroatoms. The highest BCUT2D eigenvalue weighted by molar-refractivity contribution is 8.14. The minimum atomic E-state index is -0.404. The molecule has 4 rings (SSSR count). The van der Waals surface area contributed by atoms with Crippen molar-refractivity contribution in [3.63, 3.8) is 0 Å². The first kappa shape index (κ1) is 23.4. The van der Waals surface area contributed by atoms with Crippen molar-refractivity contribution in [3.05, 3.63) is 71.6 Å². The maximum absolute atomic E-state index is 12.8. The molecular weight excluding hydrogens is 456 g/mol. The van der Waals surface area contributed by atoms with Crippen molar-refractivity contribution in [1.82, 2.24) is 10.2 Å². The van der Waals surface area contributed by atoms with Crippen LogP contribution in [0.25, 0.3) is 0 Å². The van der Waals surface area contributed by atoms with E-state index in [1.165, 1.54) is 29.0 Å². The summed E-state index contributed by atoms with van der Waals surface area (Å²) in [6.45, 7) is 2.28. The number of carbonyl (C=O) groups excluding carboxylic acids is 2. The lowest BCUT2D eigenvalue weighted by Gasteiger charge is -2.28. The van der Waals surface area contributed by atoms with Crippen molar-refractivity contribution in [2.24, 2.45) is 5.10 Å². The van der Waals surface area contributed by atoms with E-state index in [2.05, 4.69) is 10.5 Å². The molecule has 34 heavy (non-hydrogen) atoms. The van der Waals surface area contributed by atoms with E-state index in [0.717, 1.165) is 23.3 Å². The Bertz CT molecular complexity index is 1210. The molecular formula is C24H24N4O5S. The van der Waals surface area contributed by atoms with Crippen molar-refractivity contribution >= 4 is 34.3 Å². The van der Waals surface area contributed by atoms with Crippen molar-refractivity contribution in [1.29, 1.82) is 0 Å². The van der Waals surface area contributed by atoms with E-state index in [1.807, 2.05) is 31.2 Å². The molecule has 2 heterocycles. The van der Waals surface area contributed by atoms with Crippen LogP contribution in [0.1, 0.15) is 35.0 Å². The summed E-state index contributed by atoms with van der Waals surface area (Å²) in [4.78, 5) is 25.1. The number of thioether (sulfide) groups is 1. The summed E-state index contributed by atoms with van der Waals surface area (Å²) in [6.07, 6.45) is 2.16. The number of benzene rings is 2. The Morgan fingerprint density at radius 3 is 2.68 bits per heavy atom. The number of rotatable bonds is 8. The number of anilines is 1. The number of methoxy groups -OCH3 is 2. The van der Waals surface area contributed by atoms with Gasteiger partial charge >= 0.3 is 5.24 Å². The zero-order valence-electron chi connectivity index (χ0n) is 19.0. The van der Waals surface area contributed by atoms with E-state index < -0.39 is 5.91 Å². The van der Waals surface area contributed by atoms with Crippen LogP contribution in [-0.4, -0.2) is 46.5 Å². The summed E-state index contributed by atoms with van der Waals surface area (Å²) in [7, 11) is 3.17. The van der Waals surface area contributed by atoms with Crippen LogP contribution >= 0.6 is 11.8 Å². The van der Waals surface area contributed by atoms with Crippen LogP contribution in [-0.2, 0) is 6.54 Å². The molecule has 1 aromatic heterocycles. The van der Waals surface area contributed by atoms with Gasteiger partial charge in [-0.3, -0.25) is 9.59 Å². The summed E-state index contributed by atoms with van der Waals surface area (Å²) in [5, 5.41) is 12.3. The maximum atomic E-state index is 12.8. The topological polar surface area (TPSA) is 106 Å². The molecule has 1 atom stereocenters. The van der Waals surface area contributed by atoms with E-state index in [1.54, 1.807) is 32.4 Å². The van der Waals surface area contributed by atoms with E-state index >= 15 is 0 Å². The SMILES string of the molecule is CCC1SC(=O)N(Cc2cccc(NC(=O)c3ccno3)c2)N=C1c1ccc(OC)c(OC)c1. The highest BCUT2D eigenvalue weighted by atomic mass is 32.2. The Hall–Kier alpha value is -3.79. The normalized spacial score (nSPS) is 15.6. The number of aromatic nitrogens is 1. The van der Waals surface area contributed by atoms with Crippen LogP contribution in [0.4, 0.5) is 10.5 Å². The Labute approximate surface area is 201 Å². The number of nitrogens with zero attached hydrogens (tertiary/aromatic N) is 3. The predicted molar refractivity (Wildman–Crippen MR) is 130 cm³/mol. The third-order valence-corrected chi connectivity index (χ3v) is 6.47. The van der Waals surface area contributed by atoms with Gasteiger partial charge in [0.05, 0.1) is 37.9 Å². The van der Waals surface area contributed by atoms with Gasteiger partial charge in [-0.15, -0.1) is 0 Å². The molecule has 0 saturated heterocycles. The Morgan fingerprint density at radius 2 is 1.97 bits per heavy atom. The highest BCUT2D eigenvalue weighted by Crippen LogP contribution is 2.33. The van der Waals surface area contributed by atoms with E-state index in [0.29, 0.717) is 17.2 Å². The standard InChI is InChI=1S/C24H24N4O5S/c1-4-21-22(16-8-9-18(31-2)20(13-16)32-3)27-28(24(30)34-21)14-15-6-5-7-17(12-15)26-23(29)19-10-11-25-33-19/h5-13,21H,4,14H2,1-3H3,(H,26,29). The van der Waals surface area contributed by atoms with E-state index in [4.69, 9.17) is 19.1 Å². The molecule has 1 aliphatic rings. The maximum Gasteiger partial charge on any atom is 0.302 e. The number of hydrogen-bond acceptors (Lipinski definition) is 8. The third kappa shape index (κ3) is 5.07. The van der Waals surface area contributed by atoms with Gasteiger partial charge in [-0.05, 0) is 42.3 Å². The zero-order valence-corrected chi connectivity index (χ0v) is 19.8. The van der Waals surface area contributed by atoms with Crippen molar-refractivity contribution < 1.29 is 23.6 Å². The van der Waals surface area contributed by atoms with Crippen LogP contribution in [0.5, 0.6) is 11.5 Å². The molecule has 2 amide bonds. The molecule has 176 valence electrons. The molecule has 0 radical (unpaired) electrons. The largest absolute Gasteiger partial charge is 0.493 e. The second-order valence-electron chi connectivity index (χ2n) is 7.42. The quantitative estimate of drug-likeness (QED) is 0.494. The first-order valence-electron chi connectivity index (χ1n) is 10.6. The van der Waals surface area contributed by atoms with Gasteiger partial charge in [-0.2, -0.15) is 5.10 Å². The summed E-state index contributed by atoms with van der Waals surface area (Å²) in [5.74, 6) is 0.934. The number of hydrazone groups is 1. The fraction of sp³-hybridized carbons (Fsp3) is 0.250. The Morgan fingerprint density at radius 1 is 1.15 bits per heavy atom. The van der Waals surface area contributed by atoms with Gasteiger partial charge in [0.25, 0.3) is 5.91 Å². The lowest BCUT2D eigenvalue weighted by atomic mass is 10.0. The number of ether oxygens (including phenoxy) is 2. The van der Waals surface area contributed by atoms with E-state index in [-0.39, 0.29) is 22.8 Å². The number of amides is 2. The predicted octanol–water partition coefficient (Wildman–Crippen LogP) is 4.80. The lowest BCUT2D eigenvalue weighted by Crippen LogP contribution is -2.34. The zero-order chi connectivity index (χ0) is 24.1. The Kier molecular flexibility index (Phi) is 7.17. The number of nitrogens with one attached hydrogen (secondary N) is 1. The molecule has 1 N–H and O–H groups in total. The monoisotopic (exact) mass is 480 g/mol. The second kappa shape index (κ2) is 10.4.